The maximum Gasteiger partial charge on any atom is 0.246 e. The first kappa shape index (κ1) is 15.2. The molecule has 0 unspecified atom stereocenters. The fourth-order valence-electron chi connectivity index (χ4n) is 3.83. The Morgan fingerprint density at radius 1 is 1.19 bits per heavy atom. The molecule has 0 amide bonds. The molecule has 27 heavy (non-hydrogen) atoms. The van der Waals surface area contributed by atoms with Crippen molar-refractivity contribution in [2.24, 2.45) is 5.92 Å². The van der Waals surface area contributed by atoms with Crippen molar-refractivity contribution < 1.29 is 4.42 Å². The topological polar surface area (TPSA) is 61.7 Å². The summed E-state index contributed by atoms with van der Waals surface area (Å²) in [6.07, 6.45) is 10.5. The molecule has 134 valence electrons. The van der Waals surface area contributed by atoms with E-state index in [-0.39, 0.29) is 0 Å². The van der Waals surface area contributed by atoms with Crippen LogP contribution < -0.4 is 0 Å². The van der Waals surface area contributed by atoms with Gasteiger partial charge in [0.25, 0.3) is 0 Å². The Hall–Kier alpha value is -2.86. The molecule has 1 fully saturated rings. The quantitative estimate of drug-likeness (QED) is 0.468. The molecule has 4 aromatic rings. The molecule has 1 aliphatic heterocycles. The van der Waals surface area contributed by atoms with Crippen LogP contribution in [0, 0.1) is 5.92 Å². The molecule has 0 bridgehead atoms. The molecule has 7 heteroatoms. The molecular formula is C20H16ClN5O. The van der Waals surface area contributed by atoms with Gasteiger partial charge in [-0.2, -0.15) is 5.10 Å². The lowest BCUT2D eigenvalue weighted by atomic mass is 10.0. The number of rotatable bonds is 3. The number of fused-ring (bicyclic) bond motifs is 5. The molecule has 0 N–H and O–H groups in total. The molecule has 1 saturated carbocycles. The van der Waals surface area contributed by atoms with Gasteiger partial charge in [0.05, 0.1) is 23.3 Å². The largest absolute Gasteiger partial charge is 0.443 e. The summed E-state index contributed by atoms with van der Waals surface area (Å²) in [4.78, 5) is 8.88. The molecule has 4 heterocycles. The Balaban J connectivity index is 1.58. The van der Waals surface area contributed by atoms with Crippen molar-refractivity contribution in [1.82, 2.24) is 24.3 Å². The van der Waals surface area contributed by atoms with E-state index >= 15 is 0 Å². The summed E-state index contributed by atoms with van der Waals surface area (Å²) in [5, 5.41) is 5.62. The van der Waals surface area contributed by atoms with Crippen LogP contribution in [0.3, 0.4) is 0 Å². The minimum absolute atomic E-state index is 0.535. The fourth-order valence-corrected chi connectivity index (χ4v) is 4.01. The van der Waals surface area contributed by atoms with Gasteiger partial charge in [0.1, 0.15) is 18.3 Å². The number of benzene rings is 1. The van der Waals surface area contributed by atoms with Crippen LogP contribution in [0.25, 0.3) is 28.5 Å². The lowest BCUT2D eigenvalue weighted by Gasteiger charge is -2.10. The lowest BCUT2D eigenvalue weighted by Crippen LogP contribution is -2.03. The lowest BCUT2D eigenvalue weighted by molar-refractivity contribution is 0.564. The Labute approximate surface area is 160 Å². The SMILES string of the molecule is Clc1ccc2c(c1)-c1nn(CC3CC3)cc1Cc1c(-c3ncco3)ncn1-2. The van der Waals surface area contributed by atoms with Crippen molar-refractivity contribution in [2.75, 3.05) is 0 Å². The second kappa shape index (κ2) is 5.57. The maximum atomic E-state index is 6.33. The minimum Gasteiger partial charge on any atom is -0.443 e. The summed E-state index contributed by atoms with van der Waals surface area (Å²) < 4.78 is 9.70. The van der Waals surface area contributed by atoms with Gasteiger partial charge in [-0.3, -0.25) is 4.68 Å². The van der Waals surface area contributed by atoms with Gasteiger partial charge in [-0.05, 0) is 37.0 Å². The van der Waals surface area contributed by atoms with Crippen LogP contribution in [0.2, 0.25) is 5.02 Å². The van der Waals surface area contributed by atoms with Gasteiger partial charge >= 0.3 is 0 Å². The van der Waals surface area contributed by atoms with Crippen LogP contribution in [0.1, 0.15) is 24.1 Å². The maximum absolute atomic E-state index is 6.33. The molecule has 0 spiro atoms. The third kappa shape index (κ3) is 2.44. The van der Waals surface area contributed by atoms with Crippen LogP contribution in [-0.2, 0) is 13.0 Å². The van der Waals surface area contributed by atoms with E-state index in [1.54, 1.807) is 12.5 Å². The van der Waals surface area contributed by atoms with E-state index in [2.05, 4.69) is 25.4 Å². The highest BCUT2D eigenvalue weighted by Crippen LogP contribution is 2.39. The molecule has 1 aliphatic carbocycles. The molecule has 0 atom stereocenters. The zero-order chi connectivity index (χ0) is 18.0. The second-order valence-corrected chi connectivity index (χ2v) is 7.69. The molecule has 6 nitrogen and oxygen atoms in total. The molecular weight excluding hydrogens is 362 g/mol. The summed E-state index contributed by atoms with van der Waals surface area (Å²) in [6, 6.07) is 5.92. The van der Waals surface area contributed by atoms with Crippen LogP contribution in [0.4, 0.5) is 0 Å². The van der Waals surface area contributed by atoms with E-state index in [4.69, 9.17) is 21.1 Å². The number of hydrogen-bond donors (Lipinski definition) is 0. The van der Waals surface area contributed by atoms with Crippen molar-refractivity contribution in [1.29, 1.82) is 0 Å². The Morgan fingerprint density at radius 3 is 2.93 bits per heavy atom. The van der Waals surface area contributed by atoms with Crippen molar-refractivity contribution in [3.8, 4) is 28.5 Å². The zero-order valence-corrected chi connectivity index (χ0v) is 15.2. The van der Waals surface area contributed by atoms with Crippen molar-refractivity contribution in [3.05, 3.63) is 59.5 Å². The smallest absolute Gasteiger partial charge is 0.246 e. The Morgan fingerprint density at radius 2 is 2.11 bits per heavy atom. The van der Waals surface area contributed by atoms with Gasteiger partial charge < -0.3 is 8.98 Å². The summed E-state index contributed by atoms with van der Waals surface area (Å²) in [7, 11) is 0. The average molecular weight is 378 g/mol. The van der Waals surface area contributed by atoms with E-state index in [0.29, 0.717) is 17.3 Å². The molecule has 3 aromatic heterocycles. The number of oxazole rings is 1. The molecule has 1 aromatic carbocycles. The highest BCUT2D eigenvalue weighted by Gasteiger charge is 2.28. The van der Waals surface area contributed by atoms with Crippen molar-refractivity contribution in [2.45, 2.75) is 25.8 Å². The van der Waals surface area contributed by atoms with Crippen molar-refractivity contribution >= 4 is 11.6 Å². The van der Waals surface area contributed by atoms with Crippen LogP contribution in [-0.4, -0.2) is 24.3 Å². The predicted octanol–water partition coefficient (Wildman–Crippen LogP) is 4.36. The first-order chi connectivity index (χ1) is 13.3. The van der Waals surface area contributed by atoms with Crippen LogP contribution in [0.15, 0.2) is 47.6 Å². The first-order valence-corrected chi connectivity index (χ1v) is 9.47. The average Bonchev–Trinajstić information content (AvgIpc) is 3.07. The zero-order valence-electron chi connectivity index (χ0n) is 14.5. The highest BCUT2D eigenvalue weighted by atomic mass is 35.5. The van der Waals surface area contributed by atoms with E-state index in [9.17, 15) is 0 Å². The number of hydrogen-bond acceptors (Lipinski definition) is 4. The number of imidazole rings is 1. The standard InChI is InChI=1S/C20H16ClN5O/c21-14-3-4-16-15(8-14)18-13(10-25(24-18)9-12-1-2-12)7-17-19(23-11-26(16)17)20-22-5-6-27-20/h3-6,8,10-12H,1-2,7,9H2. The molecule has 0 saturated heterocycles. The summed E-state index contributed by atoms with van der Waals surface area (Å²) in [6.45, 7) is 0.981. The third-order valence-electron chi connectivity index (χ3n) is 5.31. The van der Waals surface area contributed by atoms with E-state index in [1.807, 2.05) is 24.5 Å². The van der Waals surface area contributed by atoms with Crippen LogP contribution in [0.5, 0.6) is 0 Å². The molecule has 2 aliphatic rings. The Kier molecular flexibility index (Phi) is 3.14. The van der Waals surface area contributed by atoms with Crippen molar-refractivity contribution in [3.63, 3.8) is 0 Å². The molecule has 0 radical (unpaired) electrons. The summed E-state index contributed by atoms with van der Waals surface area (Å²) >= 11 is 6.33. The van der Waals surface area contributed by atoms with Gasteiger partial charge in [-0.1, -0.05) is 11.6 Å². The number of aromatic nitrogens is 5. The third-order valence-corrected chi connectivity index (χ3v) is 5.55. The normalized spacial score (nSPS) is 15.1. The first-order valence-electron chi connectivity index (χ1n) is 9.09. The summed E-state index contributed by atoms with van der Waals surface area (Å²) in [5.74, 6) is 1.30. The monoisotopic (exact) mass is 377 g/mol. The minimum atomic E-state index is 0.535. The van der Waals surface area contributed by atoms with E-state index in [1.165, 1.54) is 18.4 Å². The Bertz CT molecular complexity index is 1150. The second-order valence-electron chi connectivity index (χ2n) is 7.25. The van der Waals surface area contributed by atoms with E-state index < -0.39 is 0 Å². The number of halogens is 1. The van der Waals surface area contributed by atoms with Gasteiger partial charge in [0.15, 0.2) is 0 Å². The van der Waals surface area contributed by atoms with Gasteiger partial charge in [0, 0.05) is 35.3 Å². The van der Waals surface area contributed by atoms with Gasteiger partial charge in [-0.15, -0.1) is 0 Å². The summed E-state index contributed by atoms with van der Waals surface area (Å²) in [5.41, 5.74) is 6.04. The van der Waals surface area contributed by atoms with Gasteiger partial charge in [0.2, 0.25) is 5.89 Å². The fraction of sp³-hybridized carbons (Fsp3) is 0.250. The number of nitrogens with zero attached hydrogens (tertiary/aromatic N) is 5. The molecule has 6 rings (SSSR count). The van der Waals surface area contributed by atoms with Gasteiger partial charge in [-0.25, -0.2) is 9.97 Å². The highest BCUT2D eigenvalue weighted by molar-refractivity contribution is 6.31. The van der Waals surface area contributed by atoms with Crippen LogP contribution >= 0.6 is 11.6 Å². The predicted molar refractivity (Wildman–Crippen MR) is 101 cm³/mol. The van der Waals surface area contributed by atoms with E-state index in [0.717, 1.165) is 40.8 Å².